The highest BCUT2D eigenvalue weighted by molar-refractivity contribution is 7.07. The molecule has 1 fully saturated rings. The SMILES string of the molecule is CN=C(NCc1ccsc1)NCC1(c2ccccc2C)CC1. The number of hydrogen-bond donors (Lipinski definition) is 2. The molecular weight excluding hydrogens is 290 g/mol. The van der Waals surface area contributed by atoms with Crippen LogP contribution < -0.4 is 10.6 Å². The molecule has 3 rings (SSSR count). The molecule has 0 amide bonds. The van der Waals surface area contributed by atoms with Gasteiger partial charge < -0.3 is 10.6 Å². The molecule has 0 radical (unpaired) electrons. The van der Waals surface area contributed by atoms with Crippen LogP contribution in [0.2, 0.25) is 0 Å². The standard InChI is InChI=1S/C18H23N3S/c1-14-5-3-4-6-16(14)18(8-9-18)13-21-17(19-2)20-11-15-7-10-22-12-15/h3-7,10,12H,8-9,11,13H2,1-2H3,(H2,19,20,21). The van der Waals surface area contributed by atoms with E-state index in [4.69, 9.17) is 0 Å². The van der Waals surface area contributed by atoms with E-state index in [1.807, 2.05) is 7.05 Å². The highest BCUT2D eigenvalue weighted by Crippen LogP contribution is 2.48. The van der Waals surface area contributed by atoms with Crippen LogP contribution in [0.25, 0.3) is 0 Å². The molecule has 1 aliphatic rings. The summed E-state index contributed by atoms with van der Waals surface area (Å²) in [7, 11) is 1.83. The molecule has 0 unspecified atom stereocenters. The Kier molecular flexibility index (Phi) is 4.48. The quantitative estimate of drug-likeness (QED) is 0.655. The Morgan fingerprint density at radius 1 is 1.23 bits per heavy atom. The van der Waals surface area contributed by atoms with E-state index in [1.54, 1.807) is 11.3 Å². The molecule has 1 saturated carbocycles. The number of aryl methyl sites for hydroxylation is 1. The maximum atomic E-state index is 4.33. The molecule has 4 heteroatoms. The molecule has 0 aliphatic heterocycles. The van der Waals surface area contributed by atoms with Crippen molar-refractivity contribution in [3.8, 4) is 0 Å². The fourth-order valence-electron chi connectivity index (χ4n) is 2.91. The van der Waals surface area contributed by atoms with Crippen LogP contribution in [-0.4, -0.2) is 19.6 Å². The summed E-state index contributed by atoms with van der Waals surface area (Å²) in [5, 5.41) is 11.2. The predicted molar refractivity (Wildman–Crippen MR) is 94.6 cm³/mol. The zero-order chi connectivity index (χ0) is 15.4. The third kappa shape index (κ3) is 3.33. The molecule has 1 heterocycles. The van der Waals surface area contributed by atoms with Crippen LogP contribution in [0.5, 0.6) is 0 Å². The van der Waals surface area contributed by atoms with Gasteiger partial charge in [-0.3, -0.25) is 4.99 Å². The van der Waals surface area contributed by atoms with Crippen LogP contribution in [0.3, 0.4) is 0 Å². The van der Waals surface area contributed by atoms with Crippen molar-refractivity contribution >= 4 is 17.3 Å². The molecule has 1 aromatic carbocycles. The summed E-state index contributed by atoms with van der Waals surface area (Å²) in [6.45, 7) is 3.97. The van der Waals surface area contributed by atoms with Gasteiger partial charge in [-0.1, -0.05) is 24.3 Å². The van der Waals surface area contributed by atoms with Crippen molar-refractivity contribution in [1.29, 1.82) is 0 Å². The summed E-state index contributed by atoms with van der Waals surface area (Å²) in [6, 6.07) is 10.9. The van der Waals surface area contributed by atoms with E-state index in [0.717, 1.165) is 19.0 Å². The first kappa shape index (κ1) is 15.1. The zero-order valence-electron chi connectivity index (χ0n) is 13.2. The highest BCUT2D eigenvalue weighted by Gasteiger charge is 2.44. The Bertz CT molecular complexity index is 642. The van der Waals surface area contributed by atoms with Crippen molar-refractivity contribution in [1.82, 2.24) is 10.6 Å². The molecule has 2 aromatic rings. The first-order valence-electron chi connectivity index (χ1n) is 7.75. The van der Waals surface area contributed by atoms with Crippen molar-refractivity contribution < 1.29 is 0 Å². The molecule has 0 saturated heterocycles. The Hall–Kier alpha value is -1.81. The van der Waals surface area contributed by atoms with Gasteiger partial charge in [0.15, 0.2) is 5.96 Å². The maximum Gasteiger partial charge on any atom is 0.191 e. The fourth-order valence-corrected chi connectivity index (χ4v) is 3.58. The Labute approximate surface area is 136 Å². The Morgan fingerprint density at radius 3 is 2.68 bits per heavy atom. The maximum absolute atomic E-state index is 4.33. The van der Waals surface area contributed by atoms with Crippen molar-refractivity contribution in [2.45, 2.75) is 31.7 Å². The third-order valence-electron chi connectivity index (χ3n) is 4.43. The second-order valence-corrected chi connectivity index (χ2v) is 6.79. The number of hydrogen-bond acceptors (Lipinski definition) is 2. The topological polar surface area (TPSA) is 36.4 Å². The second-order valence-electron chi connectivity index (χ2n) is 6.01. The van der Waals surface area contributed by atoms with E-state index in [0.29, 0.717) is 5.41 Å². The summed E-state index contributed by atoms with van der Waals surface area (Å²) in [4.78, 5) is 4.33. The number of benzene rings is 1. The number of guanidine groups is 1. The van der Waals surface area contributed by atoms with Crippen molar-refractivity contribution in [2.75, 3.05) is 13.6 Å². The van der Waals surface area contributed by atoms with E-state index in [9.17, 15) is 0 Å². The lowest BCUT2D eigenvalue weighted by Crippen LogP contribution is -2.41. The predicted octanol–water partition coefficient (Wildman–Crippen LogP) is 3.45. The van der Waals surface area contributed by atoms with Gasteiger partial charge in [-0.2, -0.15) is 11.3 Å². The molecule has 22 heavy (non-hydrogen) atoms. The number of rotatable bonds is 5. The van der Waals surface area contributed by atoms with Gasteiger partial charge in [-0.15, -0.1) is 0 Å². The molecule has 0 spiro atoms. The Balaban J connectivity index is 1.58. The molecule has 116 valence electrons. The van der Waals surface area contributed by atoms with Crippen molar-refractivity contribution in [3.05, 3.63) is 57.8 Å². The third-order valence-corrected chi connectivity index (χ3v) is 5.16. The van der Waals surface area contributed by atoms with E-state index < -0.39 is 0 Å². The minimum atomic E-state index is 0.297. The number of nitrogens with one attached hydrogen (secondary N) is 2. The van der Waals surface area contributed by atoms with Crippen LogP contribution in [0.15, 0.2) is 46.1 Å². The normalized spacial score (nSPS) is 16.4. The van der Waals surface area contributed by atoms with E-state index in [-0.39, 0.29) is 0 Å². The first-order valence-corrected chi connectivity index (χ1v) is 8.69. The van der Waals surface area contributed by atoms with Crippen LogP contribution in [0.4, 0.5) is 0 Å². The lowest BCUT2D eigenvalue weighted by molar-refractivity contribution is 0.642. The largest absolute Gasteiger partial charge is 0.356 e. The Morgan fingerprint density at radius 2 is 2.05 bits per heavy atom. The minimum absolute atomic E-state index is 0.297. The van der Waals surface area contributed by atoms with Crippen molar-refractivity contribution in [3.63, 3.8) is 0 Å². The van der Waals surface area contributed by atoms with Gasteiger partial charge >= 0.3 is 0 Å². The van der Waals surface area contributed by atoms with Gasteiger partial charge in [-0.25, -0.2) is 0 Å². The van der Waals surface area contributed by atoms with Gasteiger partial charge in [0.05, 0.1) is 0 Å². The lowest BCUT2D eigenvalue weighted by atomic mass is 9.92. The van der Waals surface area contributed by atoms with E-state index in [2.05, 4.69) is 63.6 Å². The molecule has 3 nitrogen and oxygen atoms in total. The van der Waals surface area contributed by atoms with Crippen LogP contribution in [-0.2, 0) is 12.0 Å². The molecule has 0 atom stereocenters. The van der Waals surface area contributed by atoms with Crippen LogP contribution in [0.1, 0.15) is 29.5 Å². The van der Waals surface area contributed by atoms with Crippen molar-refractivity contribution in [2.24, 2.45) is 4.99 Å². The number of nitrogens with zero attached hydrogens (tertiary/aromatic N) is 1. The summed E-state index contributed by atoms with van der Waals surface area (Å²) < 4.78 is 0. The lowest BCUT2D eigenvalue weighted by Gasteiger charge is -2.20. The number of thiophene rings is 1. The smallest absolute Gasteiger partial charge is 0.191 e. The number of aliphatic imine (C=N–C) groups is 1. The van der Waals surface area contributed by atoms with Gasteiger partial charge in [-0.05, 0) is 53.3 Å². The first-order chi connectivity index (χ1) is 10.7. The average Bonchev–Trinajstić information content (AvgIpc) is 3.13. The molecule has 2 N–H and O–H groups in total. The summed E-state index contributed by atoms with van der Waals surface area (Å²) >= 11 is 1.73. The summed E-state index contributed by atoms with van der Waals surface area (Å²) in [5.74, 6) is 0.881. The van der Waals surface area contributed by atoms with Gasteiger partial charge in [0.1, 0.15) is 0 Å². The minimum Gasteiger partial charge on any atom is -0.356 e. The van der Waals surface area contributed by atoms with E-state index in [1.165, 1.54) is 29.5 Å². The van der Waals surface area contributed by atoms with Gasteiger partial charge in [0.2, 0.25) is 0 Å². The highest BCUT2D eigenvalue weighted by atomic mass is 32.1. The van der Waals surface area contributed by atoms with Gasteiger partial charge in [0, 0.05) is 25.6 Å². The van der Waals surface area contributed by atoms with Crippen LogP contribution >= 0.6 is 11.3 Å². The van der Waals surface area contributed by atoms with Gasteiger partial charge in [0.25, 0.3) is 0 Å². The molecule has 1 aliphatic carbocycles. The molecule has 1 aromatic heterocycles. The molecule has 0 bridgehead atoms. The monoisotopic (exact) mass is 313 g/mol. The average molecular weight is 313 g/mol. The fraction of sp³-hybridized carbons (Fsp3) is 0.389. The summed E-state index contributed by atoms with van der Waals surface area (Å²) in [5.41, 5.74) is 4.47. The molecular formula is C18H23N3S. The second kappa shape index (κ2) is 6.53. The van der Waals surface area contributed by atoms with E-state index >= 15 is 0 Å². The summed E-state index contributed by atoms with van der Waals surface area (Å²) in [6.07, 6.45) is 2.51. The van der Waals surface area contributed by atoms with Crippen LogP contribution in [0, 0.1) is 6.92 Å². The zero-order valence-corrected chi connectivity index (χ0v) is 14.0.